The fourth-order valence-electron chi connectivity index (χ4n) is 3.47. The summed E-state index contributed by atoms with van der Waals surface area (Å²) in [6, 6.07) is 14.5. The van der Waals surface area contributed by atoms with Gasteiger partial charge in [0.25, 0.3) is 0 Å². The predicted octanol–water partition coefficient (Wildman–Crippen LogP) is 4.22. The first-order valence-electron chi connectivity index (χ1n) is 14.2. The van der Waals surface area contributed by atoms with E-state index in [1.54, 1.807) is 60.6 Å². The maximum Gasteiger partial charge on any atom is 0.408 e. The second-order valence-corrected chi connectivity index (χ2v) is 11.9. The van der Waals surface area contributed by atoms with Crippen molar-refractivity contribution in [3.63, 3.8) is 0 Å². The van der Waals surface area contributed by atoms with Crippen LogP contribution in [-0.2, 0) is 41.7 Å². The Morgan fingerprint density at radius 1 is 0.818 bits per heavy atom. The van der Waals surface area contributed by atoms with Gasteiger partial charge in [0.1, 0.15) is 30.5 Å². The number of carbonyl (C=O) groups is 4. The Labute approximate surface area is 259 Å². The van der Waals surface area contributed by atoms with Crippen LogP contribution in [0.15, 0.2) is 54.6 Å². The van der Waals surface area contributed by atoms with Crippen molar-refractivity contribution in [1.82, 2.24) is 16.0 Å². The van der Waals surface area contributed by atoms with Crippen molar-refractivity contribution in [1.29, 1.82) is 0 Å². The van der Waals surface area contributed by atoms with E-state index in [1.807, 2.05) is 42.5 Å². The van der Waals surface area contributed by atoms with Crippen molar-refractivity contribution in [3.8, 4) is 11.8 Å². The molecule has 11 heteroatoms. The molecule has 0 heterocycles. The maximum absolute atomic E-state index is 12.7. The molecule has 0 aromatic heterocycles. The summed E-state index contributed by atoms with van der Waals surface area (Å²) in [5.74, 6) is 4.83. The molecule has 0 radical (unpaired) electrons. The Bertz CT molecular complexity index is 1320. The van der Waals surface area contributed by atoms with Crippen LogP contribution in [0.1, 0.15) is 65.2 Å². The highest BCUT2D eigenvalue weighted by molar-refractivity contribution is 5.85. The smallest absolute Gasteiger partial charge is 0.408 e. The molecule has 3 N–H and O–H groups in total. The number of hydrogen-bond acceptors (Lipinski definition) is 8. The normalized spacial score (nSPS) is 12.4. The molecule has 11 nitrogen and oxygen atoms in total. The van der Waals surface area contributed by atoms with Crippen LogP contribution in [-0.4, -0.2) is 60.6 Å². The summed E-state index contributed by atoms with van der Waals surface area (Å²) in [4.78, 5) is 49.3. The third kappa shape index (κ3) is 15.1. The highest BCUT2D eigenvalue weighted by Crippen LogP contribution is 2.10. The summed E-state index contributed by atoms with van der Waals surface area (Å²) in [7, 11) is 0. The minimum absolute atomic E-state index is 0.0190. The molecule has 2 rings (SSSR count). The van der Waals surface area contributed by atoms with Gasteiger partial charge in [-0.15, -0.1) is 0 Å². The van der Waals surface area contributed by atoms with Gasteiger partial charge in [0.05, 0.1) is 6.61 Å². The van der Waals surface area contributed by atoms with Crippen molar-refractivity contribution < 1.29 is 38.1 Å². The average molecular weight is 610 g/mol. The van der Waals surface area contributed by atoms with Crippen LogP contribution in [0.25, 0.3) is 0 Å². The average Bonchev–Trinajstić information content (AvgIpc) is 2.92. The highest BCUT2D eigenvalue weighted by atomic mass is 16.6. The minimum Gasteiger partial charge on any atom is -0.458 e. The third-order valence-corrected chi connectivity index (χ3v) is 5.41. The number of hydrogen-bond donors (Lipinski definition) is 3. The van der Waals surface area contributed by atoms with Gasteiger partial charge in [-0.05, 0) is 71.7 Å². The Morgan fingerprint density at radius 3 is 2.14 bits per heavy atom. The Hall–Kier alpha value is -4.56. The summed E-state index contributed by atoms with van der Waals surface area (Å²) < 4.78 is 21.4. The van der Waals surface area contributed by atoms with E-state index < -0.39 is 41.4 Å². The van der Waals surface area contributed by atoms with Crippen LogP contribution in [0.5, 0.6) is 0 Å². The fraction of sp³-hybridized carbons (Fsp3) is 0.455. The van der Waals surface area contributed by atoms with Gasteiger partial charge in [0.2, 0.25) is 5.91 Å². The Balaban J connectivity index is 1.87. The number of carbonyl (C=O) groups excluding carboxylic acids is 4. The van der Waals surface area contributed by atoms with Crippen molar-refractivity contribution in [2.24, 2.45) is 0 Å². The Kier molecular flexibility index (Phi) is 13.7. The van der Waals surface area contributed by atoms with Gasteiger partial charge >= 0.3 is 18.2 Å². The molecule has 238 valence electrons. The van der Waals surface area contributed by atoms with E-state index in [4.69, 9.17) is 18.9 Å². The number of benzene rings is 2. The zero-order valence-corrected chi connectivity index (χ0v) is 26.4. The van der Waals surface area contributed by atoms with Gasteiger partial charge in [-0.3, -0.25) is 4.79 Å². The molecule has 0 unspecified atom stereocenters. The van der Waals surface area contributed by atoms with E-state index in [1.165, 1.54) is 0 Å². The van der Waals surface area contributed by atoms with Crippen molar-refractivity contribution in [2.45, 2.75) is 84.9 Å². The third-order valence-electron chi connectivity index (χ3n) is 5.41. The van der Waals surface area contributed by atoms with Crippen LogP contribution in [0.2, 0.25) is 0 Å². The largest absolute Gasteiger partial charge is 0.458 e. The van der Waals surface area contributed by atoms with Crippen molar-refractivity contribution in [3.05, 3.63) is 71.3 Å². The molecule has 0 saturated carbocycles. The van der Waals surface area contributed by atoms with E-state index in [0.29, 0.717) is 5.56 Å². The van der Waals surface area contributed by atoms with Crippen molar-refractivity contribution >= 4 is 24.1 Å². The lowest BCUT2D eigenvalue weighted by atomic mass is 10.1. The molecule has 3 amide bonds. The second kappa shape index (κ2) is 16.9. The van der Waals surface area contributed by atoms with Gasteiger partial charge in [-0.25, -0.2) is 14.4 Å². The van der Waals surface area contributed by atoms with E-state index >= 15 is 0 Å². The summed E-state index contributed by atoms with van der Waals surface area (Å²) in [6.45, 7) is 12.0. The van der Waals surface area contributed by atoms with E-state index in [2.05, 4.69) is 27.8 Å². The molecule has 0 bridgehead atoms. The number of rotatable bonds is 11. The second-order valence-electron chi connectivity index (χ2n) is 11.9. The molecule has 0 aliphatic heterocycles. The number of alkyl carbamates (subject to hydrolysis) is 2. The van der Waals surface area contributed by atoms with Crippen LogP contribution in [0.3, 0.4) is 0 Å². The van der Waals surface area contributed by atoms with Gasteiger partial charge < -0.3 is 34.9 Å². The summed E-state index contributed by atoms with van der Waals surface area (Å²) in [6.07, 6.45) is -1.45. The molecule has 0 aliphatic carbocycles. The fourth-order valence-corrected chi connectivity index (χ4v) is 3.47. The van der Waals surface area contributed by atoms with Crippen LogP contribution < -0.4 is 16.0 Å². The molecule has 44 heavy (non-hydrogen) atoms. The van der Waals surface area contributed by atoms with Gasteiger partial charge in [-0.2, -0.15) is 0 Å². The lowest BCUT2D eigenvalue weighted by molar-refractivity contribution is -0.158. The molecular formula is C33H43N3O8. The quantitative estimate of drug-likeness (QED) is 0.149. The number of esters is 1. The van der Waals surface area contributed by atoms with Crippen molar-refractivity contribution in [2.75, 3.05) is 13.2 Å². The lowest BCUT2D eigenvalue weighted by Crippen LogP contribution is -2.47. The molecule has 0 spiro atoms. The first-order chi connectivity index (χ1) is 20.6. The molecule has 0 saturated heterocycles. The predicted molar refractivity (Wildman–Crippen MR) is 164 cm³/mol. The standard InChI is InChI=1S/C33H43N3O8/c1-23(35-31(40)44-33(5,6)7)28(37)34-20-26-16-11-15-24(19-26)17-12-18-41-22-27(29(38)43-32(2,3)4)36-30(39)42-21-25-13-9-8-10-14-25/h8-11,13-16,19,23,27H,18,20-22H2,1-7H3,(H,34,37)(H,35,40)(H,36,39)/t23-,27+/m1/s1. The Morgan fingerprint density at radius 2 is 1.48 bits per heavy atom. The van der Waals surface area contributed by atoms with Gasteiger partial charge in [0, 0.05) is 12.1 Å². The summed E-state index contributed by atoms with van der Waals surface area (Å²) in [5.41, 5.74) is 0.867. The van der Waals surface area contributed by atoms with Crippen LogP contribution in [0, 0.1) is 11.8 Å². The van der Waals surface area contributed by atoms with E-state index in [9.17, 15) is 19.2 Å². The number of ether oxygens (including phenoxy) is 4. The van der Waals surface area contributed by atoms with Gasteiger partial charge in [0.15, 0.2) is 6.04 Å². The molecule has 0 fully saturated rings. The van der Waals surface area contributed by atoms with Gasteiger partial charge in [-0.1, -0.05) is 54.3 Å². The molecular weight excluding hydrogens is 566 g/mol. The summed E-state index contributed by atoms with van der Waals surface area (Å²) >= 11 is 0. The highest BCUT2D eigenvalue weighted by Gasteiger charge is 2.27. The maximum atomic E-state index is 12.7. The first-order valence-corrected chi connectivity index (χ1v) is 14.2. The molecule has 2 atom stereocenters. The SMILES string of the molecule is C[C@@H](NC(=O)OC(C)(C)C)C(=O)NCc1cccc(C#CCOC[C@H](NC(=O)OCc2ccccc2)C(=O)OC(C)(C)C)c1. The summed E-state index contributed by atoms with van der Waals surface area (Å²) in [5, 5.41) is 7.78. The van der Waals surface area contributed by atoms with Crippen LogP contribution >= 0.6 is 0 Å². The monoisotopic (exact) mass is 609 g/mol. The molecule has 0 aliphatic rings. The van der Waals surface area contributed by atoms with E-state index in [0.717, 1.165) is 11.1 Å². The minimum atomic E-state index is -1.10. The zero-order valence-electron chi connectivity index (χ0n) is 26.4. The topological polar surface area (TPSA) is 141 Å². The zero-order chi connectivity index (χ0) is 32.8. The molecule has 2 aromatic rings. The lowest BCUT2D eigenvalue weighted by Gasteiger charge is -2.24. The molecule has 2 aromatic carbocycles. The van der Waals surface area contributed by atoms with E-state index in [-0.39, 0.29) is 32.3 Å². The number of amides is 3. The van der Waals surface area contributed by atoms with Crippen LogP contribution in [0.4, 0.5) is 9.59 Å². The first kappa shape index (κ1) is 35.6. The number of nitrogens with one attached hydrogen (secondary N) is 3.